The molecule has 0 radical (unpaired) electrons. The molecule has 1 aliphatic heterocycles. The van der Waals surface area contributed by atoms with Crippen LogP contribution in [0, 0.1) is 26.7 Å². The van der Waals surface area contributed by atoms with E-state index in [9.17, 15) is 9.59 Å². The predicted octanol–water partition coefficient (Wildman–Crippen LogP) is 5.07. The maximum absolute atomic E-state index is 12.8. The average Bonchev–Trinajstić information content (AvgIpc) is 3.41. The minimum Gasteiger partial charge on any atom is -0.444 e. The number of ether oxygens (including phenoxy) is 1. The SMILES string of the molecule is Cc1noc(C)c1-c1ccc2nc(NC(=O)[C@H]3CCN(C(=O)OC(C)(C)C)C3)sc2c1C. The first-order valence-electron chi connectivity index (χ1n) is 10.7. The van der Waals surface area contributed by atoms with E-state index < -0.39 is 5.60 Å². The molecular formula is C23H28N4O4S. The van der Waals surface area contributed by atoms with E-state index in [0.717, 1.165) is 38.4 Å². The Bertz CT molecular complexity index is 1170. The van der Waals surface area contributed by atoms with E-state index in [-0.39, 0.29) is 17.9 Å². The highest BCUT2D eigenvalue weighted by Gasteiger charge is 2.33. The molecule has 0 aliphatic carbocycles. The molecule has 1 N–H and O–H groups in total. The second-order valence-electron chi connectivity index (χ2n) is 9.21. The number of aromatic nitrogens is 2. The number of nitrogens with one attached hydrogen (secondary N) is 1. The van der Waals surface area contributed by atoms with Crippen molar-refractivity contribution < 1.29 is 18.8 Å². The van der Waals surface area contributed by atoms with Gasteiger partial charge in [-0.05, 0) is 65.2 Å². The molecule has 32 heavy (non-hydrogen) atoms. The number of rotatable bonds is 3. The molecule has 0 unspecified atom stereocenters. The molecular weight excluding hydrogens is 428 g/mol. The van der Waals surface area contributed by atoms with Gasteiger partial charge in [-0.15, -0.1) is 0 Å². The minimum atomic E-state index is -0.557. The molecule has 3 aromatic rings. The van der Waals surface area contributed by atoms with Crippen molar-refractivity contribution in [3.05, 3.63) is 29.2 Å². The van der Waals surface area contributed by atoms with Gasteiger partial charge in [-0.1, -0.05) is 22.6 Å². The van der Waals surface area contributed by atoms with Crippen molar-refractivity contribution in [3.63, 3.8) is 0 Å². The van der Waals surface area contributed by atoms with Crippen molar-refractivity contribution in [1.82, 2.24) is 15.0 Å². The van der Waals surface area contributed by atoms with Gasteiger partial charge in [-0.3, -0.25) is 4.79 Å². The van der Waals surface area contributed by atoms with Crippen molar-refractivity contribution in [2.45, 2.75) is 53.6 Å². The zero-order valence-electron chi connectivity index (χ0n) is 19.2. The van der Waals surface area contributed by atoms with Gasteiger partial charge in [0.15, 0.2) is 5.13 Å². The van der Waals surface area contributed by atoms with Crippen LogP contribution in [0.1, 0.15) is 44.2 Å². The molecule has 2 aromatic heterocycles. The number of carbonyl (C=O) groups is 2. The van der Waals surface area contributed by atoms with E-state index in [0.29, 0.717) is 24.6 Å². The number of amides is 2. The van der Waals surface area contributed by atoms with Gasteiger partial charge in [-0.25, -0.2) is 9.78 Å². The lowest BCUT2D eigenvalue weighted by Crippen LogP contribution is -2.36. The van der Waals surface area contributed by atoms with Crippen LogP contribution in [0.5, 0.6) is 0 Å². The topological polar surface area (TPSA) is 97.6 Å². The number of nitrogens with zero attached hydrogens (tertiary/aromatic N) is 3. The van der Waals surface area contributed by atoms with Crippen LogP contribution in [-0.2, 0) is 9.53 Å². The van der Waals surface area contributed by atoms with Crippen LogP contribution >= 0.6 is 11.3 Å². The van der Waals surface area contributed by atoms with Crippen LogP contribution in [-0.4, -0.2) is 45.7 Å². The van der Waals surface area contributed by atoms with Crippen LogP contribution < -0.4 is 5.32 Å². The fourth-order valence-corrected chi connectivity index (χ4v) is 4.96. The molecule has 3 heterocycles. The summed E-state index contributed by atoms with van der Waals surface area (Å²) in [5.74, 6) is 0.367. The third-order valence-electron chi connectivity index (χ3n) is 5.55. The molecule has 1 fully saturated rings. The second kappa shape index (κ2) is 8.20. The normalized spacial score (nSPS) is 16.6. The summed E-state index contributed by atoms with van der Waals surface area (Å²) in [5, 5.41) is 7.56. The highest BCUT2D eigenvalue weighted by atomic mass is 32.1. The fourth-order valence-electron chi connectivity index (χ4n) is 3.99. The zero-order valence-corrected chi connectivity index (χ0v) is 20.1. The van der Waals surface area contributed by atoms with Gasteiger partial charge in [-0.2, -0.15) is 0 Å². The highest BCUT2D eigenvalue weighted by Crippen LogP contribution is 2.37. The van der Waals surface area contributed by atoms with Crippen molar-refractivity contribution in [2.24, 2.45) is 5.92 Å². The van der Waals surface area contributed by atoms with Gasteiger partial charge < -0.3 is 19.5 Å². The lowest BCUT2D eigenvalue weighted by Gasteiger charge is -2.24. The Labute approximate surface area is 190 Å². The number of benzene rings is 1. The number of fused-ring (bicyclic) bond motifs is 1. The average molecular weight is 457 g/mol. The number of anilines is 1. The first-order valence-corrected chi connectivity index (χ1v) is 11.5. The first-order chi connectivity index (χ1) is 15.0. The maximum Gasteiger partial charge on any atom is 0.410 e. The molecule has 2 amide bonds. The van der Waals surface area contributed by atoms with Gasteiger partial charge in [0, 0.05) is 18.7 Å². The van der Waals surface area contributed by atoms with Crippen LogP contribution in [0.4, 0.5) is 9.93 Å². The van der Waals surface area contributed by atoms with Crippen molar-refractivity contribution in [3.8, 4) is 11.1 Å². The number of likely N-dealkylation sites (tertiary alicyclic amines) is 1. The number of hydrogen-bond acceptors (Lipinski definition) is 7. The monoisotopic (exact) mass is 456 g/mol. The molecule has 0 bridgehead atoms. The molecule has 170 valence electrons. The Morgan fingerprint density at radius 1 is 1.25 bits per heavy atom. The molecule has 8 nitrogen and oxygen atoms in total. The smallest absolute Gasteiger partial charge is 0.410 e. The Morgan fingerprint density at radius 2 is 2.00 bits per heavy atom. The number of aryl methyl sites for hydroxylation is 3. The molecule has 4 rings (SSSR count). The fraction of sp³-hybridized carbons (Fsp3) is 0.478. The van der Waals surface area contributed by atoms with Gasteiger partial charge in [0.25, 0.3) is 0 Å². The van der Waals surface area contributed by atoms with Crippen LogP contribution in [0.2, 0.25) is 0 Å². The minimum absolute atomic E-state index is 0.126. The van der Waals surface area contributed by atoms with E-state index >= 15 is 0 Å². The van der Waals surface area contributed by atoms with Gasteiger partial charge in [0.2, 0.25) is 5.91 Å². The maximum atomic E-state index is 12.8. The summed E-state index contributed by atoms with van der Waals surface area (Å²) in [6.45, 7) is 12.2. The van der Waals surface area contributed by atoms with Crippen molar-refractivity contribution >= 4 is 38.7 Å². The highest BCUT2D eigenvalue weighted by molar-refractivity contribution is 7.22. The third kappa shape index (κ3) is 4.34. The predicted molar refractivity (Wildman–Crippen MR) is 124 cm³/mol. The van der Waals surface area contributed by atoms with E-state index in [4.69, 9.17) is 9.26 Å². The summed E-state index contributed by atoms with van der Waals surface area (Å²) < 4.78 is 11.8. The molecule has 1 saturated heterocycles. The Kier molecular flexibility index (Phi) is 5.70. The van der Waals surface area contributed by atoms with Crippen LogP contribution in [0.3, 0.4) is 0 Å². The molecule has 1 aliphatic rings. The van der Waals surface area contributed by atoms with Crippen molar-refractivity contribution in [2.75, 3.05) is 18.4 Å². The largest absolute Gasteiger partial charge is 0.444 e. The molecule has 1 atom stereocenters. The lowest BCUT2D eigenvalue weighted by atomic mass is 9.99. The van der Waals surface area contributed by atoms with Gasteiger partial charge in [0.1, 0.15) is 11.4 Å². The van der Waals surface area contributed by atoms with E-state index in [1.54, 1.807) is 4.90 Å². The molecule has 0 spiro atoms. The van der Waals surface area contributed by atoms with Gasteiger partial charge in [0.05, 0.1) is 21.8 Å². The summed E-state index contributed by atoms with van der Waals surface area (Å²) in [7, 11) is 0. The van der Waals surface area contributed by atoms with Crippen molar-refractivity contribution in [1.29, 1.82) is 0 Å². The lowest BCUT2D eigenvalue weighted by molar-refractivity contribution is -0.119. The van der Waals surface area contributed by atoms with E-state index in [1.807, 2.05) is 53.7 Å². The summed E-state index contributed by atoms with van der Waals surface area (Å²) in [6.07, 6.45) is 0.223. The summed E-state index contributed by atoms with van der Waals surface area (Å²) >= 11 is 1.45. The van der Waals surface area contributed by atoms with E-state index in [1.165, 1.54) is 11.3 Å². The first kappa shape index (κ1) is 22.3. The third-order valence-corrected chi connectivity index (χ3v) is 6.66. The zero-order chi connectivity index (χ0) is 23.2. The number of carbonyl (C=O) groups excluding carboxylic acids is 2. The molecule has 0 saturated carbocycles. The number of hydrogen-bond donors (Lipinski definition) is 1. The summed E-state index contributed by atoms with van der Waals surface area (Å²) in [6, 6.07) is 3.97. The Morgan fingerprint density at radius 3 is 2.66 bits per heavy atom. The quantitative estimate of drug-likeness (QED) is 0.591. The van der Waals surface area contributed by atoms with Crippen LogP contribution in [0.25, 0.3) is 21.3 Å². The van der Waals surface area contributed by atoms with Crippen LogP contribution in [0.15, 0.2) is 16.7 Å². The Balaban J connectivity index is 1.49. The summed E-state index contributed by atoms with van der Waals surface area (Å²) in [4.78, 5) is 31.3. The summed E-state index contributed by atoms with van der Waals surface area (Å²) in [5.41, 5.74) is 4.25. The standard InChI is InChI=1S/C23H28N4O4S/c1-12-16(18-13(2)26-31-14(18)3)7-8-17-19(12)32-21(24-17)25-20(28)15-9-10-27(11-15)22(29)30-23(4,5)6/h7-8,15H,9-11H2,1-6H3,(H,24,25,28)/t15-/m0/s1. The second-order valence-corrected chi connectivity index (χ2v) is 10.2. The van der Waals surface area contributed by atoms with Gasteiger partial charge >= 0.3 is 6.09 Å². The number of thiazole rings is 1. The van der Waals surface area contributed by atoms with E-state index in [2.05, 4.69) is 15.5 Å². The molecule has 9 heteroatoms. The Hall–Kier alpha value is -2.94. The molecule has 1 aromatic carbocycles.